The van der Waals surface area contributed by atoms with E-state index >= 15 is 0 Å². The Kier molecular flexibility index (Phi) is 4.62. The molecule has 1 atom stereocenters. The van der Waals surface area contributed by atoms with Gasteiger partial charge in [-0.3, -0.25) is 0 Å². The minimum atomic E-state index is -0.420. The molecule has 1 nitrogen and oxygen atoms in total. The summed E-state index contributed by atoms with van der Waals surface area (Å²) in [5.74, 6) is -0.819. The second-order valence-electron chi connectivity index (χ2n) is 3.83. The molecule has 0 saturated heterocycles. The Morgan fingerprint density at radius 3 is 2.75 bits per heavy atom. The molecule has 0 aliphatic rings. The Bertz CT molecular complexity index is 386. The lowest BCUT2D eigenvalue weighted by Crippen LogP contribution is -2.26. The fourth-order valence-electron chi connectivity index (χ4n) is 1.46. The van der Waals surface area contributed by atoms with Crippen LogP contribution in [0.4, 0.5) is 8.78 Å². The summed E-state index contributed by atoms with van der Waals surface area (Å²) in [6.45, 7) is 6.74. The lowest BCUT2D eigenvalue weighted by Gasteiger charge is -2.13. The Balaban J connectivity index is 2.92. The molecule has 0 aromatic heterocycles. The molecule has 0 saturated carbocycles. The van der Waals surface area contributed by atoms with E-state index in [0.717, 1.165) is 24.3 Å². The van der Waals surface area contributed by atoms with Crippen molar-refractivity contribution in [3.05, 3.63) is 41.0 Å². The van der Waals surface area contributed by atoms with E-state index in [9.17, 15) is 8.78 Å². The van der Waals surface area contributed by atoms with Gasteiger partial charge in [-0.1, -0.05) is 18.6 Å². The molecule has 1 N–H and O–H groups in total. The first-order chi connectivity index (χ1) is 7.54. The van der Waals surface area contributed by atoms with Crippen LogP contribution in [0.5, 0.6) is 0 Å². The van der Waals surface area contributed by atoms with Gasteiger partial charge in [-0.15, -0.1) is 0 Å². The van der Waals surface area contributed by atoms with Crippen molar-refractivity contribution < 1.29 is 8.78 Å². The van der Waals surface area contributed by atoms with Crippen LogP contribution in [0.1, 0.15) is 26.3 Å². The molecule has 1 rings (SSSR count). The number of hydrogen-bond donors (Lipinski definition) is 1. The van der Waals surface area contributed by atoms with Crippen molar-refractivity contribution in [2.75, 3.05) is 6.54 Å². The van der Waals surface area contributed by atoms with Crippen molar-refractivity contribution in [3.8, 4) is 0 Å². The first-order valence-corrected chi connectivity index (χ1v) is 5.41. The van der Waals surface area contributed by atoms with Crippen LogP contribution in [0.15, 0.2) is 23.8 Å². The molecular weight excluding hydrogens is 208 g/mol. The van der Waals surface area contributed by atoms with E-state index in [-0.39, 0.29) is 6.04 Å². The number of hydrogen-bond acceptors (Lipinski definition) is 1. The summed E-state index contributed by atoms with van der Waals surface area (Å²) in [6, 6.07) is 3.63. The number of benzene rings is 1. The zero-order valence-electron chi connectivity index (χ0n) is 9.85. The smallest absolute Gasteiger partial charge is 0.130 e. The maximum Gasteiger partial charge on any atom is 0.130 e. The molecule has 0 aliphatic carbocycles. The summed E-state index contributed by atoms with van der Waals surface area (Å²) >= 11 is 0. The Morgan fingerprint density at radius 1 is 1.44 bits per heavy atom. The predicted molar refractivity (Wildman–Crippen MR) is 63.1 cm³/mol. The molecule has 1 aromatic rings. The maximum atomic E-state index is 13.3. The highest BCUT2D eigenvalue weighted by molar-refractivity contribution is 5.54. The van der Waals surface area contributed by atoms with Crippen molar-refractivity contribution >= 4 is 6.08 Å². The van der Waals surface area contributed by atoms with E-state index in [1.165, 1.54) is 6.07 Å². The lowest BCUT2D eigenvalue weighted by molar-refractivity contribution is 0.597. The molecular formula is C13H17F2N. The highest BCUT2D eigenvalue weighted by Gasteiger charge is 2.05. The number of rotatable bonds is 4. The van der Waals surface area contributed by atoms with E-state index in [2.05, 4.69) is 5.32 Å². The van der Waals surface area contributed by atoms with E-state index in [4.69, 9.17) is 0 Å². The van der Waals surface area contributed by atoms with Gasteiger partial charge in [0, 0.05) is 11.6 Å². The van der Waals surface area contributed by atoms with Gasteiger partial charge in [-0.05, 0) is 38.6 Å². The number of likely N-dealkylation sites (N-methyl/N-ethyl adjacent to an activating group) is 1. The molecule has 16 heavy (non-hydrogen) atoms. The standard InChI is InChI=1S/C13H17F2N/c1-4-16-10(3)9(2)7-11-8-12(14)5-6-13(11)15/h5-8,10,16H,4H2,1-3H3/b9-7+. The average Bonchev–Trinajstić information content (AvgIpc) is 2.23. The molecule has 1 aromatic carbocycles. The zero-order chi connectivity index (χ0) is 12.1. The summed E-state index contributed by atoms with van der Waals surface area (Å²) in [5.41, 5.74) is 1.27. The van der Waals surface area contributed by atoms with Gasteiger partial charge in [-0.25, -0.2) is 8.78 Å². The fourth-order valence-corrected chi connectivity index (χ4v) is 1.46. The molecule has 88 valence electrons. The summed E-state index contributed by atoms with van der Waals surface area (Å²) in [4.78, 5) is 0. The molecule has 0 fully saturated rings. The fraction of sp³-hybridized carbons (Fsp3) is 0.385. The molecule has 0 spiro atoms. The van der Waals surface area contributed by atoms with Gasteiger partial charge in [0.15, 0.2) is 0 Å². The van der Waals surface area contributed by atoms with Crippen LogP contribution in [0.2, 0.25) is 0 Å². The molecule has 3 heteroatoms. The van der Waals surface area contributed by atoms with Crippen molar-refractivity contribution in [3.63, 3.8) is 0 Å². The third-order valence-electron chi connectivity index (χ3n) is 2.53. The van der Waals surface area contributed by atoms with Crippen LogP contribution in [0.25, 0.3) is 6.08 Å². The van der Waals surface area contributed by atoms with Crippen LogP contribution in [-0.2, 0) is 0 Å². The SMILES string of the molecule is CCNC(C)/C(C)=C/c1cc(F)ccc1F. The summed E-state index contributed by atoms with van der Waals surface area (Å²) < 4.78 is 26.3. The normalized spacial score (nSPS) is 13.9. The van der Waals surface area contributed by atoms with Crippen molar-refractivity contribution in [2.45, 2.75) is 26.8 Å². The quantitative estimate of drug-likeness (QED) is 0.828. The van der Waals surface area contributed by atoms with E-state index in [1.807, 2.05) is 20.8 Å². The topological polar surface area (TPSA) is 12.0 Å². The largest absolute Gasteiger partial charge is 0.311 e. The van der Waals surface area contributed by atoms with Crippen molar-refractivity contribution in [1.82, 2.24) is 5.32 Å². The minimum absolute atomic E-state index is 0.160. The van der Waals surface area contributed by atoms with Gasteiger partial charge in [0.1, 0.15) is 11.6 Å². The van der Waals surface area contributed by atoms with Crippen molar-refractivity contribution in [2.24, 2.45) is 0 Å². The third-order valence-corrected chi connectivity index (χ3v) is 2.53. The third kappa shape index (κ3) is 3.42. The van der Waals surface area contributed by atoms with Gasteiger partial charge in [0.25, 0.3) is 0 Å². The summed E-state index contributed by atoms with van der Waals surface area (Å²) in [5, 5.41) is 3.22. The van der Waals surface area contributed by atoms with Gasteiger partial charge < -0.3 is 5.32 Å². The highest BCUT2D eigenvalue weighted by atomic mass is 19.1. The van der Waals surface area contributed by atoms with Crippen LogP contribution in [-0.4, -0.2) is 12.6 Å². The average molecular weight is 225 g/mol. The molecule has 0 radical (unpaired) electrons. The van der Waals surface area contributed by atoms with Crippen LogP contribution in [0.3, 0.4) is 0 Å². The van der Waals surface area contributed by atoms with Gasteiger partial charge in [0.2, 0.25) is 0 Å². The van der Waals surface area contributed by atoms with E-state index in [1.54, 1.807) is 6.08 Å². The van der Waals surface area contributed by atoms with Crippen LogP contribution < -0.4 is 5.32 Å². The summed E-state index contributed by atoms with van der Waals surface area (Å²) in [6.07, 6.45) is 1.67. The summed E-state index contributed by atoms with van der Waals surface area (Å²) in [7, 11) is 0. The van der Waals surface area contributed by atoms with Gasteiger partial charge in [0.05, 0.1) is 0 Å². The van der Waals surface area contributed by atoms with Gasteiger partial charge >= 0.3 is 0 Å². The Hall–Kier alpha value is -1.22. The molecule has 0 heterocycles. The highest BCUT2D eigenvalue weighted by Crippen LogP contribution is 2.15. The lowest BCUT2D eigenvalue weighted by atomic mass is 10.1. The van der Waals surface area contributed by atoms with Crippen molar-refractivity contribution in [1.29, 1.82) is 0 Å². The second kappa shape index (κ2) is 5.75. The van der Waals surface area contributed by atoms with Crippen LogP contribution >= 0.6 is 0 Å². The van der Waals surface area contributed by atoms with Gasteiger partial charge in [-0.2, -0.15) is 0 Å². The second-order valence-corrected chi connectivity index (χ2v) is 3.83. The van der Waals surface area contributed by atoms with Crippen LogP contribution in [0, 0.1) is 11.6 Å². The number of nitrogens with one attached hydrogen (secondary N) is 1. The predicted octanol–water partition coefficient (Wildman–Crippen LogP) is 3.37. The zero-order valence-corrected chi connectivity index (χ0v) is 9.85. The molecule has 0 aliphatic heterocycles. The maximum absolute atomic E-state index is 13.3. The minimum Gasteiger partial charge on any atom is -0.311 e. The number of halogens is 2. The Morgan fingerprint density at radius 2 is 2.12 bits per heavy atom. The molecule has 0 bridgehead atoms. The Labute approximate surface area is 95.2 Å². The first kappa shape index (κ1) is 12.8. The van der Waals surface area contributed by atoms with E-state index < -0.39 is 11.6 Å². The monoisotopic (exact) mass is 225 g/mol. The molecule has 0 amide bonds. The first-order valence-electron chi connectivity index (χ1n) is 5.41. The van der Waals surface area contributed by atoms with E-state index in [0.29, 0.717) is 5.56 Å². The molecule has 1 unspecified atom stereocenters.